The van der Waals surface area contributed by atoms with Crippen molar-refractivity contribution in [2.24, 2.45) is 40.2 Å². The Morgan fingerprint density at radius 1 is 1.16 bits per heavy atom. The number of amides is 1. The number of carbonyl (C=O) groups excluding carboxylic acids is 3. The van der Waals surface area contributed by atoms with Crippen LogP contribution in [0.25, 0.3) is 0 Å². The van der Waals surface area contributed by atoms with Crippen LogP contribution < -0.4 is 5.73 Å². The van der Waals surface area contributed by atoms with Gasteiger partial charge in [-0.05, 0) is 75.0 Å². The number of Topliss-reactive ketones (excluding diaryl/α,β-unsaturated/α-hetero) is 2. The number of ketones is 2. The highest BCUT2D eigenvalue weighted by atomic mass is 16.3. The predicted octanol–water partition coefficient (Wildman–Crippen LogP) is 1.91. The first-order valence-electron chi connectivity index (χ1n) is 11.8. The lowest BCUT2D eigenvalue weighted by Gasteiger charge is -2.60. The summed E-state index contributed by atoms with van der Waals surface area (Å²) >= 11 is 0. The van der Waals surface area contributed by atoms with Gasteiger partial charge in [0.15, 0.2) is 5.78 Å². The van der Waals surface area contributed by atoms with Gasteiger partial charge in [-0.2, -0.15) is 0 Å². The molecule has 32 heavy (non-hydrogen) atoms. The van der Waals surface area contributed by atoms with E-state index in [0.717, 1.165) is 38.5 Å². The Labute approximate surface area is 190 Å². The molecule has 0 aromatic rings. The number of rotatable bonds is 3. The van der Waals surface area contributed by atoms with Crippen LogP contribution in [0.3, 0.4) is 0 Å². The molecule has 1 amide bonds. The minimum absolute atomic E-state index is 0.0154. The molecule has 0 unspecified atom stereocenters. The molecule has 0 bridgehead atoms. The monoisotopic (exact) mass is 449 g/mol. The van der Waals surface area contributed by atoms with E-state index in [0.29, 0.717) is 17.9 Å². The maximum atomic E-state index is 13.4. The summed E-state index contributed by atoms with van der Waals surface area (Å²) in [5.41, 5.74) is 2.69. The largest absolute Gasteiger partial charge is 0.393 e. The second kappa shape index (κ2) is 8.65. The van der Waals surface area contributed by atoms with Crippen LogP contribution in [0.15, 0.2) is 12.2 Å². The number of carbonyl (C=O) groups is 3. The van der Waals surface area contributed by atoms with Gasteiger partial charge in [0, 0.05) is 23.3 Å². The highest BCUT2D eigenvalue weighted by Crippen LogP contribution is 2.67. The summed E-state index contributed by atoms with van der Waals surface area (Å²) in [4.78, 5) is 35.5. The molecule has 4 saturated carbocycles. The highest BCUT2D eigenvalue weighted by molar-refractivity contribution is 5.92. The summed E-state index contributed by atoms with van der Waals surface area (Å²) in [5, 5.41) is 30.6. The third-order valence-corrected chi connectivity index (χ3v) is 9.50. The number of hydrogen-bond acceptors (Lipinski definition) is 6. The molecule has 8 atom stereocenters. The molecule has 4 fully saturated rings. The summed E-state index contributed by atoms with van der Waals surface area (Å²) in [7, 11) is 0. The molecule has 7 nitrogen and oxygen atoms in total. The van der Waals surface area contributed by atoms with Crippen LogP contribution >= 0.6 is 0 Å². The zero-order valence-corrected chi connectivity index (χ0v) is 19.6. The van der Waals surface area contributed by atoms with E-state index >= 15 is 0 Å². The van der Waals surface area contributed by atoms with Gasteiger partial charge in [0.1, 0.15) is 18.0 Å². The Hall–Kier alpha value is -1.57. The third kappa shape index (κ3) is 3.76. The van der Waals surface area contributed by atoms with Gasteiger partial charge in [-0.15, -0.1) is 0 Å². The Morgan fingerprint density at radius 2 is 1.78 bits per heavy atom. The Bertz CT molecular complexity index is 798. The third-order valence-electron chi connectivity index (χ3n) is 9.50. The van der Waals surface area contributed by atoms with Gasteiger partial charge < -0.3 is 21.1 Å². The maximum Gasteiger partial charge on any atom is 0.243 e. The quantitative estimate of drug-likeness (QED) is 0.486. The molecular formula is C25H39NO6. The minimum Gasteiger partial charge on any atom is -0.393 e. The molecule has 0 aromatic carbocycles. The summed E-state index contributed by atoms with van der Waals surface area (Å²) in [6, 6.07) is 0. The second-order valence-electron chi connectivity index (χ2n) is 11.1. The summed E-state index contributed by atoms with van der Waals surface area (Å²) in [5.74, 6) is -0.0556. The molecule has 4 rings (SSSR count). The number of primary amides is 1. The van der Waals surface area contributed by atoms with Gasteiger partial charge in [-0.3, -0.25) is 14.4 Å². The normalized spacial score (nSPS) is 44.9. The van der Waals surface area contributed by atoms with Crippen LogP contribution in [0.5, 0.6) is 0 Å². The molecule has 7 heteroatoms. The first-order valence-corrected chi connectivity index (χ1v) is 11.8. The molecule has 0 radical (unpaired) electrons. The van der Waals surface area contributed by atoms with Crippen molar-refractivity contribution >= 4 is 17.5 Å². The van der Waals surface area contributed by atoms with E-state index in [1.54, 1.807) is 6.92 Å². The number of aliphatic hydroxyl groups is 3. The van der Waals surface area contributed by atoms with Gasteiger partial charge in [0.25, 0.3) is 0 Å². The Kier molecular flexibility index (Phi) is 6.78. The minimum atomic E-state index is -1.58. The van der Waals surface area contributed by atoms with E-state index < -0.39 is 29.3 Å². The zero-order chi connectivity index (χ0) is 24.1. The summed E-state index contributed by atoms with van der Waals surface area (Å²) in [6.07, 6.45) is 5.47. The van der Waals surface area contributed by atoms with E-state index in [1.165, 1.54) is 0 Å². The van der Waals surface area contributed by atoms with Crippen LogP contribution in [0, 0.1) is 34.5 Å². The SMILES string of the molecule is C=C(C)C(N)=O.C[C@]12CC[C@@H](O)C[C@H]1CC[C@@H]1[C@@H]2C(=O)C[C@@]2(C)[C@H]1CC[C@]2(O)C(=O)CO. The first kappa shape index (κ1) is 25.1. The average molecular weight is 450 g/mol. The van der Waals surface area contributed by atoms with Crippen molar-refractivity contribution in [2.45, 2.75) is 83.8 Å². The molecule has 4 aliphatic carbocycles. The first-order chi connectivity index (χ1) is 14.8. The number of fused-ring (bicyclic) bond motifs is 5. The van der Waals surface area contributed by atoms with E-state index in [1.807, 2.05) is 6.92 Å². The number of nitrogens with two attached hydrogens (primary N) is 1. The van der Waals surface area contributed by atoms with E-state index in [-0.39, 0.29) is 41.5 Å². The van der Waals surface area contributed by atoms with Crippen LogP contribution in [0.2, 0.25) is 0 Å². The lowest BCUT2D eigenvalue weighted by atomic mass is 9.44. The number of aliphatic hydroxyl groups excluding tert-OH is 2. The van der Waals surface area contributed by atoms with Gasteiger partial charge >= 0.3 is 0 Å². The van der Waals surface area contributed by atoms with Crippen LogP contribution in [-0.4, -0.2) is 51.1 Å². The fraction of sp³-hybridized carbons (Fsp3) is 0.800. The average Bonchev–Trinajstić information content (AvgIpc) is 2.99. The van der Waals surface area contributed by atoms with Gasteiger partial charge in [0.2, 0.25) is 5.91 Å². The fourth-order valence-corrected chi connectivity index (χ4v) is 7.64. The van der Waals surface area contributed by atoms with Gasteiger partial charge in [-0.25, -0.2) is 0 Å². The van der Waals surface area contributed by atoms with Crippen molar-refractivity contribution in [2.75, 3.05) is 6.61 Å². The zero-order valence-electron chi connectivity index (χ0n) is 19.6. The fourth-order valence-electron chi connectivity index (χ4n) is 7.64. The smallest absolute Gasteiger partial charge is 0.243 e. The van der Waals surface area contributed by atoms with Crippen LogP contribution in [0.1, 0.15) is 72.1 Å². The summed E-state index contributed by atoms with van der Waals surface area (Å²) in [6.45, 7) is 8.32. The number of hydrogen-bond donors (Lipinski definition) is 4. The lowest BCUT2D eigenvalue weighted by Crippen LogP contribution is -2.62. The Morgan fingerprint density at radius 3 is 2.34 bits per heavy atom. The highest BCUT2D eigenvalue weighted by Gasteiger charge is 2.68. The van der Waals surface area contributed by atoms with E-state index in [2.05, 4.69) is 13.5 Å². The molecule has 0 aliphatic heterocycles. The van der Waals surface area contributed by atoms with Crippen molar-refractivity contribution in [1.29, 1.82) is 0 Å². The van der Waals surface area contributed by atoms with Crippen LogP contribution in [-0.2, 0) is 14.4 Å². The van der Waals surface area contributed by atoms with Crippen molar-refractivity contribution in [3.63, 3.8) is 0 Å². The maximum absolute atomic E-state index is 13.4. The molecule has 180 valence electrons. The second-order valence-corrected chi connectivity index (χ2v) is 11.1. The lowest BCUT2D eigenvalue weighted by molar-refractivity contribution is -0.180. The topological polar surface area (TPSA) is 138 Å². The van der Waals surface area contributed by atoms with E-state index in [9.17, 15) is 29.7 Å². The molecule has 0 heterocycles. The molecule has 0 aromatic heterocycles. The van der Waals surface area contributed by atoms with Gasteiger partial charge in [0.05, 0.1) is 6.10 Å². The van der Waals surface area contributed by atoms with Gasteiger partial charge in [-0.1, -0.05) is 20.4 Å². The Balaban J connectivity index is 0.000000427. The molecule has 0 saturated heterocycles. The van der Waals surface area contributed by atoms with Crippen molar-refractivity contribution in [1.82, 2.24) is 0 Å². The molecule has 0 spiro atoms. The van der Waals surface area contributed by atoms with Crippen molar-refractivity contribution in [3.05, 3.63) is 12.2 Å². The molecular weight excluding hydrogens is 410 g/mol. The molecule has 4 aliphatic rings. The molecule has 5 N–H and O–H groups in total. The predicted molar refractivity (Wildman–Crippen MR) is 119 cm³/mol. The van der Waals surface area contributed by atoms with E-state index in [4.69, 9.17) is 5.73 Å². The van der Waals surface area contributed by atoms with Crippen LogP contribution in [0.4, 0.5) is 0 Å². The standard InChI is InChI=1S/C21H32O5.C4H7NO/c1-19-7-5-13(23)9-12(19)3-4-14-15-6-8-21(26,17(25)11-22)20(15,2)10-16(24)18(14)19;1-3(2)4(5)6/h12-15,18,22-23,26H,3-11H2,1-2H3;1H2,2H3,(H2,5,6)/t12-,13-,14+,15+,18-,19+,20+,21+;/m1./s1. The van der Waals surface area contributed by atoms with Crippen molar-refractivity contribution in [3.8, 4) is 0 Å². The van der Waals surface area contributed by atoms with Crippen molar-refractivity contribution < 1.29 is 29.7 Å². The summed E-state index contributed by atoms with van der Waals surface area (Å²) < 4.78 is 0.